The molecule has 0 spiro atoms. The highest BCUT2D eigenvalue weighted by Crippen LogP contribution is 2.63. The Labute approximate surface area is 361 Å². The maximum Gasteiger partial charge on any atom is 0.488 e. The Morgan fingerprint density at radius 1 is 0.437 bits per heavy atom. The van der Waals surface area contributed by atoms with Crippen molar-refractivity contribution >= 4 is 24.2 Å². The van der Waals surface area contributed by atoms with Crippen LogP contribution in [0.2, 0.25) is 0 Å². The van der Waals surface area contributed by atoms with Crippen molar-refractivity contribution in [2.45, 2.75) is 103 Å². The fraction of sp³-hybridized carbons (Fsp3) is 0.720. The maximum absolute atomic E-state index is 15.7. The summed E-state index contributed by atoms with van der Waals surface area (Å²) in [4.78, 5) is 11.6. The van der Waals surface area contributed by atoms with Crippen LogP contribution in [0.4, 0.5) is 159 Å². The molecule has 0 aliphatic carbocycles. The number of hydrogen-bond acceptors (Lipinski definition) is 9. The highest BCUT2D eigenvalue weighted by molar-refractivity contribution is 6.58. The number of hydrogen-bond donors (Lipinski definition) is 4. The van der Waals surface area contributed by atoms with Gasteiger partial charge < -0.3 is 21.1 Å². The number of nitrogens with one attached hydrogen (secondary N) is 1. The van der Waals surface area contributed by atoms with Gasteiger partial charge in [-0.1, -0.05) is 12.1 Å². The second-order valence-corrected chi connectivity index (χ2v) is 12.6. The number of anilines is 1. The lowest BCUT2D eigenvalue weighted by molar-refractivity contribution is -0.601. The average Bonchev–Trinajstić information content (AvgIpc) is 3.10. The molecule has 0 aromatic heterocycles. The fourth-order valence-electron chi connectivity index (χ4n) is 4.08. The number of ether oxygens (including phenoxy) is 5. The van der Waals surface area contributed by atoms with Gasteiger partial charge in [0.25, 0.3) is 0 Å². The number of carbonyl (C=O) groups excluding carboxylic acids is 1. The van der Waals surface area contributed by atoms with Gasteiger partial charge in [-0.3, -0.25) is 28.5 Å². The predicted octanol–water partition coefficient (Wildman–Crippen LogP) is 9.11. The molecule has 416 valence electrons. The molecule has 1 aromatic rings. The van der Waals surface area contributed by atoms with Crippen molar-refractivity contribution in [3.63, 3.8) is 0 Å². The van der Waals surface area contributed by atoms with Crippen molar-refractivity contribution in [1.29, 1.82) is 0 Å². The summed E-state index contributed by atoms with van der Waals surface area (Å²) in [5, 5.41) is 19.2. The number of carbonyl (C=O) groups is 1. The van der Waals surface area contributed by atoms with Gasteiger partial charge in [0.15, 0.2) is 0 Å². The van der Waals surface area contributed by atoms with E-state index in [9.17, 15) is 145 Å². The Bertz CT molecular complexity index is 2050. The van der Waals surface area contributed by atoms with Gasteiger partial charge in [-0.05, 0) is 11.5 Å². The van der Waals surface area contributed by atoms with E-state index in [1.165, 1.54) is 0 Å². The van der Waals surface area contributed by atoms with Gasteiger partial charge in [-0.2, -0.15) is 154 Å². The van der Waals surface area contributed by atoms with Crippen molar-refractivity contribution in [3.05, 3.63) is 23.8 Å². The number of rotatable bonds is 19. The molecule has 0 saturated heterocycles. The van der Waals surface area contributed by atoms with E-state index in [2.05, 4.69) is 0 Å². The minimum atomic E-state index is -9.66. The van der Waals surface area contributed by atoms with Gasteiger partial charge in [-0.15, -0.1) is 0 Å². The molecule has 0 heterocycles. The summed E-state index contributed by atoms with van der Waals surface area (Å²) in [5.74, 6) is -55.5. The SMILES string of the molecule is NCC(=O)Nc1cc(B(O)O)ccc1C(F)(OC(F)(F)C(F)(OC(F)(F)C(F)(OC(F)(F)C(F)(OC(F)(F)C(F)(OC(F)(F)C(F)(F)C(F)(F)F)C(F)(F)F)C(F)(F)F)C(F)(F)F)C(F)(F)F)C(F)(F)F. The quantitative estimate of drug-likeness (QED) is 0.0789. The summed E-state index contributed by atoms with van der Waals surface area (Å²) in [5.41, 5.74) is -2.04. The molecule has 5 unspecified atom stereocenters. The van der Waals surface area contributed by atoms with Crippen LogP contribution in [0, 0.1) is 0 Å². The summed E-state index contributed by atoms with van der Waals surface area (Å²) < 4.78 is 491. The molecule has 0 aliphatic rings. The van der Waals surface area contributed by atoms with E-state index >= 15 is 13.2 Å². The smallest absolute Gasteiger partial charge is 0.423 e. The molecule has 46 heteroatoms. The summed E-state index contributed by atoms with van der Waals surface area (Å²) in [6, 6.07) is -1.64. The molecule has 5 N–H and O–H groups in total. The standard InChI is InChI=1S/C25H10BF35N2O8/c27-9(15(34,35)36,6-2-1-5(26(65)66)3-7(6)63-8(64)4-62)67-22(54,55)11(30,17(40,41)42)69-24(58,59)13(32,19(46,47)48)71-25(60,61)14(33,20(49,50)51)70-23(56,57)12(31,18(43,44)45)68-21(52,53)10(28,29)16(37,38)39/h1-3,65-66H,4,62H2,(H,63,64). The second kappa shape index (κ2) is 18.4. The first-order valence-electron chi connectivity index (χ1n) is 15.7. The Kier molecular flexibility index (Phi) is 16.9. The van der Waals surface area contributed by atoms with Crippen LogP contribution < -0.4 is 16.5 Å². The van der Waals surface area contributed by atoms with Crippen LogP contribution in [0.15, 0.2) is 18.2 Å². The van der Waals surface area contributed by atoms with Crippen molar-refractivity contribution < 1.29 is 192 Å². The van der Waals surface area contributed by atoms with Crippen molar-refractivity contribution in [1.82, 2.24) is 0 Å². The van der Waals surface area contributed by atoms with E-state index in [0.717, 1.165) is 24.3 Å². The molecule has 0 fully saturated rings. The average molecular weight is 1140 g/mol. The van der Waals surface area contributed by atoms with Crippen molar-refractivity contribution in [3.8, 4) is 0 Å². The minimum absolute atomic E-state index is 0.355. The highest BCUT2D eigenvalue weighted by Gasteiger charge is 2.91. The Morgan fingerprint density at radius 3 is 0.958 bits per heavy atom. The summed E-state index contributed by atoms with van der Waals surface area (Å²) in [6.07, 6.45) is -98.4. The van der Waals surface area contributed by atoms with Crippen LogP contribution in [-0.4, -0.2) is 127 Å². The molecular weight excluding hydrogens is 1130 g/mol. The number of halogens is 35. The fourth-order valence-corrected chi connectivity index (χ4v) is 4.08. The molecule has 0 aliphatic heterocycles. The lowest BCUT2D eigenvalue weighted by atomic mass is 9.79. The lowest BCUT2D eigenvalue weighted by Gasteiger charge is -2.44. The molecule has 5 atom stereocenters. The van der Waals surface area contributed by atoms with Gasteiger partial charge in [0.2, 0.25) is 5.91 Å². The van der Waals surface area contributed by atoms with Crippen LogP contribution in [0.5, 0.6) is 0 Å². The zero-order valence-electron chi connectivity index (χ0n) is 31.2. The Balaban J connectivity index is 4.32. The van der Waals surface area contributed by atoms with Gasteiger partial charge in [-0.25, -0.2) is 0 Å². The lowest BCUT2D eigenvalue weighted by Crippen LogP contribution is -2.72. The molecule has 0 bridgehead atoms. The van der Waals surface area contributed by atoms with Gasteiger partial charge >= 0.3 is 110 Å². The van der Waals surface area contributed by atoms with Crippen LogP contribution in [0.1, 0.15) is 5.56 Å². The first-order chi connectivity index (χ1) is 30.5. The number of amides is 1. The minimum Gasteiger partial charge on any atom is -0.423 e. The molecule has 71 heavy (non-hydrogen) atoms. The van der Waals surface area contributed by atoms with E-state index in [0.29, 0.717) is 0 Å². The molecule has 1 amide bonds. The number of benzene rings is 1. The topological polar surface area (TPSA) is 142 Å². The third-order valence-electron chi connectivity index (χ3n) is 7.53. The predicted molar refractivity (Wildman–Crippen MR) is 144 cm³/mol. The van der Waals surface area contributed by atoms with Crippen molar-refractivity contribution in [2.24, 2.45) is 5.73 Å². The summed E-state index contributed by atoms with van der Waals surface area (Å²) >= 11 is 0. The second-order valence-electron chi connectivity index (χ2n) is 12.6. The van der Waals surface area contributed by atoms with E-state index in [1.807, 2.05) is 4.74 Å². The Hall–Kier alpha value is -4.02. The van der Waals surface area contributed by atoms with Gasteiger partial charge in [0.1, 0.15) is 0 Å². The van der Waals surface area contributed by atoms with E-state index in [1.54, 1.807) is 0 Å². The van der Waals surface area contributed by atoms with E-state index < -0.39 is 151 Å². The number of alkyl halides is 35. The third-order valence-corrected chi connectivity index (χ3v) is 7.53. The largest absolute Gasteiger partial charge is 0.488 e. The Morgan fingerprint density at radius 2 is 0.718 bits per heavy atom. The summed E-state index contributed by atoms with van der Waals surface area (Å²) in [7, 11) is -3.04. The zero-order chi connectivity index (χ0) is 57.5. The molecule has 10 nitrogen and oxygen atoms in total. The monoisotopic (exact) mass is 1140 g/mol. The van der Waals surface area contributed by atoms with Crippen molar-refractivity contribution in [2.75, 3.05) is 11.9 Å². The van der Waals surface area contributed by atoms with Gasteiger partial charge in [0, 0.05) is 11.3 Å². The van der Waals surface area contributed by atoms with Crippen LogP contribution in [-0.2, 0) is 34.3 Å². The first kappa shape index (κ1) is 65.0. The molecule has 1 aromatic carbocycles. The van der Waals surface area contributed by atoms with Crippen LogP contribution in [0.25, 0.3) is 0 Å². The molecular formula is C25H10BF35N2O8. The highest BCUT2D eigenvalue weighted by atomic mass is 19.5. The maximum atomic E-state index is 15.7. The zero-order valence-corrected chi connectivity index (χ0v) is 31.2. The summed E-state index contributed by atoms with van der Waals surface area (Å²) in [6.45, 7) is -1.55. The van der Waals surface area contributed by atoms with Crippen LogP contribution >= 0.6 is 0 Å². The van der Waals surface area contributed by atoms with Crippen LogP contribution in [0.3, 0.4) is 0 Å². The van der Waals surface area contributed by atoms with E-state index in [-0.39, 0.29) is 6.07 Å². The van der Waals surface area contributed by atoms with E-state index in [4.69, 9.17) is 15.8 Å². The van der Waals surface area contributed by atoms with Gasteiger partial charge in [0.05, 0.1) is 6.54 Å². The first-order valence-corrected chi connectivity index (χ1v) is 15.7. The molecule has 1 rings (SSSR count). The number of nitrogens with two attached hydrogens (primary N) is 1. The normalized spacial score (nSPS) is 19.2. The third kappa shape index (κ3) is 11.4. The molecule has 0 saturated carbocycles. The molecule has 0 radical (unpaired) electrons.